The Morgan fingerprint density at radius 2 is 1.93 bits per heavy atom. The Hall–Kier alpha value is -2.38. The molecule has 28 heavy (non-hydrogen) atoms. The lowest BCUT2D eigenvalue weighted by molar-refractivity contribution is -0.127. The minimum Gasteiger partial charge on any atom is -0.343 e. The second kappa shape index (κ2) is 8.75. The third kappa shape index (κ3) is 4.05. The average Bonchev–Trinajstić information content (AvgIpc) is 2.70. The Labute approximate surface area is 171 Å². The summed E-state index contributed by atoms with van der Waals surface area (Å²) in [7, 11) is 0. The molecule has 1 heterocycles. The topological polar surface area (TPSA) is 55.2 Å². The Morgan fingerprint density at radius 3 is 2.61 bits per heavy atom. The van der Waals surface area contributed by atoms with Crippen molar-refractivity contribution in [1.29, 1.82) is 0 Å². The molecular formula is C20H19ClFN3O2S. The number of fused-ring (bicyclic) bond motifs is 1. The van der Waals surface area contributed by atoms with Crippen LogP contribution in [0.5, 0.6) is 0 Å². The molecule has 0 aliphatic heterocycles. The predicted octanol–water partition coefficient (Wildman–Crippen LogP) is 4.14. The van der Waals surface area contributed by atoms with Gasteiger partial charge in [0.05, 0.1) is 27.4 Å². The summed E-state index contributed by atoms with van der Waals surface area (Å²) in [5.41, 5.74) is 0.633. The van der Waals surface area contributed by atoms with Crippen molar-refractivity contribution < 1.29 is 9.18 Å². The van der Waals surface area contributed by atoms with Crippen molar-refractivity contribution >= 4 is 40.2 Å². The summed E-state index contributed by atoms with van der Waals surface area (Å²) in [4.78, 5) is 31.8. The number of rotatable bonds is 6. The van der Waals surface area contributed by atoms with E-state index in [1.807, 2.05) is 13.8 Å². The molecule has 0 spiro atoms. The lowest BCUT2D eigenvalue weighted by atomic mass is 10.2. The number of carbonyl (C=O) groups excluding carboxylic acids is 1. The van der Waals surface area contributed by atoms with E-state index in [0.29, 0.717) is 34.8 Å². The summed E-state index contributed by atoms with van der Waals surface area (Å²) in [5, 5.41) is 0.696. The van der Waals surface area contributed by atoms with E-state index in [4.69, 9.17) is 11.6 Å². The van der Waals surface area contributed by atoms with E-state index in [0.717, 1.165) is 0 Å². The molecule has 3 rings (SSSR count). The van der Waals surface area contributed by atoms with Gasteiger partial charge in [0, 0.05) is 13.1 Å². The molecule has 146 valence electrons. The summed E-state index contributed by atoms with van der Waals surface area (Å²) < 4.78 is 15.0. The Balaban J connectivity index is 2.10. The highest BCUT2D eigenvalue weighted by molar-refractivity contribution is 7.99. The first-order valence-electron chi connectivity index (χ1n) is 8.84. The number of amides is 1. The van der Waals surface area contributed by atoms with Gasteiger partial charge in [0.1, 0.15) is 5.82 Å². The smallest absolute Gasteiger partial charge is 0.266 e. The largest absolute Gasteiger partial charge is 0.343 e. The fourth-order valence-electron chi connectivity index (χ4n) is 2.85. The van der Waals surface area contributed by atoms with Crippen LogP contribution in [0.15, 0.2) is 52.4 Å². The SMILES string of the molecule is CCN(CC)C(=O)CSc1nc2ccccc2c(=O)n1-c1ccc(F)c(Cl)c1. The van der Waals surface area contributed by atoms with Gasteiger partial charge in [-0.2, -0.15) is 0 Å². The number of nitrogens with zero attached hydrogens (tertiary/aromatic N) is 3. The van der Waals surface area contributed by atoms with Crippen molar-refractivity contribution in [1.82, 2.24) is 14.5 Å². The van der Waals surface area contributed by atoms with Crippen molar-refractivity contribution in [3.8, 4) is 5.69 Å². The van der Waals surface area contributed by atoms with Crippen LogP contribution in [0.1, 0.15) is 13.8 Å². The number of hydrogen-bond acceptors (Lipinski definition) is 4. The van der Waals surface area contributed by atoms with Crippen LogP contribution in [0.4, 0.5) is 4.39 Å². The average molecular weight is 420 g/mol. The summed E-state index contributed by atoms with van der Waals surface area (Å²) in [5.74, 6) is -0.472. The van der Waals surface area contributed by atoms with E-state index in [1.165, 1.54) is 34.5 Å². The van der Waals surface area contributed by atoms with E-state index in [-0.39, 0.29) is 22.2 Å². The Bertz CT molecular complexity index is 1080. The number of carbonyl (C=O) groups is 1. The quantitative estimate of drug-likeness (QED) is 0.445. The Kier molecular flexibility index (Phi) is 6.36. The van der Waals surface area contributed by atoms with Crippen molar-refractivity contribution in [2.45, 2.75) is 19.0 Å². The van der Waals surface area contributed by atoms with Crippen LogP contribution in [0.2, 0.25) is 5.02 Å². The van der Waals surface area contributed by atoms with Gasteiger partial charge in [0.25, 0.3) is 5.56 Å². The number of thioether (sulfide) groups is 1. The number of halogens is 2. The van der Waals surface area contributed by atoms with Gasteiger partial charge in [-0.3, -0.25) is 14.2 Å². The van der Waals surface area contributed by atoms with E-state index >= 15 is 0 Å². The molecule has 1 amide bonds. The minimum atomic E-state index is -0.571. The number of hydrogen-bond donors (Lipinski definition) is 0. The summed E-state index contributed by atoms with van der Waals surface area (Å²) in [6.07, 6.45) is 0. The molecule has 0 aliphatic carbocycles. The van der Waals surface area contributed by atoms with Crippen LogP contribution in [-0.4, -0.2) is 39.2 Å². The normalized spacial score (nSPS) is 11.0. The van der Waals surface area contributed by atoms with Crippen molar-refractivity contribution in [2.24, 2.45) is 0 Å². The first kappa shape index (κ1) is 20.4. The third-order valence-corrected chi connectivity index (χ3v) is 5.56. The summed E-state index contributed by atoms with van der Waals surface area (Å²) >= 11 is 7.09. The van der Waals surface area contributed by atoms with Gasteiger partial charge < -0.3 is 4.90 Å². The molecule has 0 saturated heterocycles. The summed E-state index contributed by atoms with van der Waals surface area (Å²) in [6, 6.07) is 11.0. The van der Waals surface area contributed by atoms with Crippen LogP contribution < -0.4 is 5.56 Å². The fourth-order valence-corrected chi connectivity index (χ4v) is 3.95. The molecule has 0 atom stereocenters. The lowest BCUT2D eigenvalue weighted by Gasteiger charge is -2.19. The highest BCUT2D eigenvalue weighted by Crippen LogP contribution is 2.24. The van der Waals surface area contributed by atoms with Crippen molar-refractivity contribution in [3.63, 3.8) is 0 Å². The standard InChI is InChI=1S/C20H19ClFN3O2S/c1-3-24(4-2)18(26)12-28-20-23-17-8-6-5-7-14(17)19(27)25(20)13-9-10-16(22)15(21)11-13/h5-11H,3-4,12H2,1-2H3. The zero-order valence-corrected chi connectivity index (χ0v) is 17.1. The molecule has 1 aromatic heterocycles. The number of aromatic nitrogens is 2. The van der Waals surface area contributed by atoms with Gasteiger partial charge in [0.15, 0.2) is 5.16 Å². The van der Waals surface area contributed by atoms with E-state index < -0.39 is 5.82 Å². The minimum absolute atomic E-state index is 0.0407. The maximum atomic E-state index is 13.6. The van der Waals surface area contributed by atoms with E-state index in [9.17, 15) is 14.0 Å². The van der Waals surface area contributed by atoms with E-state index in [1.54, 1.807) is 29.2 Å². The zero-order chi connectivity index (χ0) is 20.3. The molecule has 0 radical (unpaired) electrons. The number of benzene rings is 2. The lowest BCUT2D eigenvalue weighted by Crippen LogP contribution is -2.32. The number of para-hydroxylation sites is 1. The molecule has 0 saturated carbocycles. The first-order valence-corrected chi connectivity index (χ1v) is 10.2. The zero-order valence-electron chi connectivity index (χ0n) is 15.5. The highest BCUT2D eigenvalue weighted by Gasteiger charge is 2.17. The second-order valence-electron chi connectivity index (χ2n) is 6.01. The van der Waals surface area contributed by atoms with Crippen LogP contribution in [0, 0.1) is 5.82 Å². The van der Waals surface area contributed by atoms with Gasteiger partial charge in [-0.05, 0) is 44.2 Å². The van der Waals surface area contributed by atoms with Crippen LogP contribution in [-0.2, 0) is 4.79 Å². The highest BCUT2D eigenvalue weighted by atomic mass is 35.5. The van der Waals surface area contributed by atoms with Gasteiger partial charge in [-0.1, -0.05) is 35.5 Å². The van der Waals surface area contributed by atoms with Gasteiger partial charge in [-0.15, -0.1) is 0 Å². The van der Waals surface area contributed by atoms with E-state index in [2.05, 4.69) is 4.98 Å². The van der Waals surface area contributed by atoms with Gasteiger partial charge in [-0.25, -0.2) is 9.37 Å². The maximum Gasteiger partial charge on any atom is 0.266 e. The monoisotopic (exact) mass is 419 g/mol. The first-order chi connectivity index (χ1) is 13.5. The molecule has 5 nitrogen and oxygen atoms in total. The van der Waals surface area contributed by atoms with Crippen LogP contribution in [0.3, 0.4) is 0 Å². The molecular weight excluding hydrogens is 401 g/mol. The molecule has 0 unspecified atom stereocenters. The molecule has 8 heteroatoms. The predicted molar refractivity (Wildman–Crippen MR) is 111 cm³/mol. The Morgan fingerprint density at radius 1 is 1.21 bits per heavy atom. The van der Waals surface area contributed by atoms with Crippen molar-refractivity contribution in [3.05, 3.63) is 63.7 Å². The maximum absolute atomic E-state index is 13.6. The van der Waals surface area contributed by atoms with Crippen LogP contribution in [0.25, 0.3) is 16.6 Å². The van der Waals surface area contributed by atoms with Gasteiger partial charge >= 0.3 is 0 Å². The van der Waals surface area contributed by atoms with Crippen LogP contribution >= 0.6 is 23.4 Å². The van der Waals surface area contributed by atoms with Gasteiger partial charge in [0.2, 0.25) is 5.91 Å². The molecule has 0 aliphatic rings. The molecule has 0 bridgehead atoms. The second-order valence-corrected chi connectivity index (χ2v) is 7.35. The molecule has 2 aromatic carbocycles. The molecule has 3 aromatic rings. The molecule has 0 fully saturated rings. The fraction of sp³-hybridized carbons (Fsp3) is 0.250. The van der Waals surface area contributed by atoms with Crippen molar-refractivity contribution in [2.75, 3.05) is 18.8 Å². The summed E-state index contributed by atoms with van der Waals surface area (Å²) in [6.45, 7) is 5.05. The third-order valence-electron chi connectivity index (χ3n) is 4.35. The molecule has 0 N–H and O–H groups in total.